The first-order valence-corrected chi connectivity index (χ1v) is 8.96. The third-order valence-electron chi connectivity index (χ3n) is 4.54. The molecule has 0 spiro atoms. The van der Waals surface area contributed by atoms with Crippen molar-refractivity contribution in [1.82, 2.24) is 20.0 Å². The largest absolute Gasteiger partial charge is 0.379 e. The fraction of sp³-hybridized carbons (Fsp3) is 0.867. The van der Waals surface area contributed by atoms with Gasteiger partial charge >= 0.3 is 0 Å². The summed E-state index contributed by atoms with van der Waals surface area (Å²) in [7, 11) is 0. The van der Waals surface area contributed by atoms with Gasteiger partial charge in [0.05, 0.1) is 19.8 Å². The van der Waals surface area contributed by atoms with Crippen LogP contribution in [0.1, 0.15) is 35.7 Å². The van der Waals surface area contributed by atoms with E-state index in [1.807, 2.05) is 6.92 Å². The normalized spacial score (nSPS) is 25.3. The zero-order valence-corrected chi connectivity index (χ0v) is 13.8. The molecule has 0 amide bonds. The highest BCUT2D eigenvalue weighted by Crippen LogP contribution is 2.23. The van der Waals surface area contributed by atoms with Crippen molar-refractivity contribution in [2.24, 2.45) is 0 Å². The van der Waals surface area contributed by atoms with Gasteiger partial charge < -0.3 is 4.74 Å². The number of nitrogens with zero attached hydrogens (tertiary/aromatic N) is 4. The van der Waals surface area contributed by atoms with Gasteiger partial charge in [0.25, 0.3) is 0 Å². The van der Waals surface area contributed by atoms with E-state index in [1.165, 1.54) is 43.8 Å². The SMILES string of the molecule is Cc1nnc(CN2CCCCC2CCN2CCOCC2)s1. The van der Waals surface area contributed by atoms with Gasteiger partial charge in [-0.3, -0.25) is 9.80 Å². The molecule has 0 N–H and O–H groups in total. The molecule has 0 aliphatic carbocycles. The highest BCUT2D eigenvalue weighted by molar-refractivity contribution is 7.11. The van der Waals surface area contributed by atoms with Crippen LogP contribution in [0.3, 0.4) is 0 Å². The van der Waals surface area contributed by atoms with Crippen molar-refractivity contribution in [1.29, 1.82) is 0 Å². The van der Waals surface area contributed by atoms with Crippen molar-refractivity contribution in [2.75, 3.05) is 39.4 Å². The van der Waals surface area contributed by atoms with Crippen molar-refractivity contribution in [3.05, 3.63) is 10.0 Å². The van der Waals surface area contributed by atoms with E-state index in [4.69, 9.17) is 4.74 Å². The monoisotopic (exact) mass is 310 g/mol. The summed E-state index contributed by atoms with van der Waals surface area (Å²) in [6.45, 7) is 9.44. The van der Waals surface area contributed by atoms with Crippen LogP contribution < -0.4 is 0 Å². The number of aryl methyl sites for hydroxylation is 1. The van der Waals surface area contributed by atoms with Crippen molar-refractivity contribution in [2.45, 2.75) is 45.2 Å². The average molecular weight is 310 g/mol. The average Bonchev–Trinajstić information content (AvgIpc) is 2.93. The van der Waals surface area contributed by atoms with E-state index in [-0.39, 0.29) is 0 Å². The Kier molecular flexibility index (Phi) is 5.57. The molecule has 21 heavy (non-hydrogen) atoms. The minimum atomic E-state index is 0.714. The van der Waals surface area contributed by atoms with Gasteiger partial charge in [0.15, 0.2) is 0 Å². The smallest absolute Gasteiger partial charge is 0.131 e. The first kappa shape index (κ1) is 15.3. The third kappa shape index (κ3) is 4.45. The van der Waals surface area contributed by atoms with Crippen molar-refractivity contribution in [3.8, 4) is 0 Å². The van der Waals surface area contributed by atoms with Crippen LogP contribution in [0, 0.1) is 6.92 Å². The van der Waals surface area contributed by atoms with Crippen LogP contribution in [-0.2, 0) is 11.3 Å². The van der Waals surface area contributed by atoms with Crippen LogP contribution in [0.4, 0.5) is 0 Å². The van der Waals surface area contributed by atoms with Crippen LogP contribution in [0.25, 0.3) is 0 Å². The van der Waals surface area contributed by atoms with Gasteiger partial charge in [0.2, 0.25) is 0 Å². The molecule has 0 saturated carbocycles. The lowest BCUT2D eigenvalue weighted by atomic mass is 9.99. The first-order chi connectivity index (χ1) is 10.3. The molecule has 2 fully saturated rings. The summed E-state index contributed by atoms with van der Waals surface area (Å²) in [6.07, 6.45) is 5.31. The molecule has 118 valence electrons. The minimum absolute atomic E-state index is 0.714. The maximum absolute atomic E-state index is 5.43. The maximum atomic E-state index is 5.43. The van der Waals surface area contributed by atoms with Crippen molar-refractivity contribution >= 4 is 11.3 Å². The predicted octanol–water partition coefficient (Wildman–Crippen LogP) is 1.92. The lowest BCUT2D eigenvalue weighted by Gasteiger charge is -2.37. The molecule has 1 atom stereocenters. The molecular weight excluding hydrogens is 284 g/mol. The second kappa shape index (κ2) is 7.63. The van der Waals surface area contributed by atoms with E-state index in [1.54, 1.807) is 11.3 Å². The minimum Gasteiger partial charge on any atom is -0.379 e. The van der Waals surface area contributed by atoms with E-state index in [2.05, 4.69) is 20.0 Å². The molecule has 0 aromatic carbocycles. The standard InChI is InChI=1S/C15H26N4OS/c1-13-16-17-15(21-13)12-19-6-3-2-4-14(19)5-7-18-8-10-20-11-9-18/h14H,2-12H2,1H3. The summed E-state index contributed by atoms with van der Waals surface area (Å²) in [5.74, 6) is 0. The summed E-state index contributed by atoms with van der Waals surface area (Å²) in [4.78, 5) is 5.18. The lowest BCUT2D eigenvalue weighted by Crippen LogP contribution is -2.43. The number of likely N-dealkylation sites (tertiary alicyclic amines) is 1. The molecule has 0 radical (unpaired) electrons. The molecule has 1 aromatic heterocycles. The second-order valence-corrected chi connectivity index (χ2v) is 7.34. The van der Waals surface area contributed by atoms with E-state index in [9.17, 15) is 0 Å². The molecule has 1 unspecified atom stereocenters. The zero-order valence-electron chi connectivity index (χ0n) is 13.0. The lowest BCUT2D eigenvalue weighted by molar-refractivity contribution is 0.0302. The van der Waals surface area contributed by atoms with Gasteiger partial charge in [-0.1, -0.05) is 6.42 Å². The van der Waals surface area contributed by atoms with Crippen LogP contribution >= 0.6 is 11.3 Å². The number of hydrogen-bond acceptors (Lipinski definition) is 6. The predicted molar refractivity (Wildman–Crippen MR) is 84.6 cm³/mol. The van der Waals surface area contributed by atoms with Crippen LogP contribution in [0.2, 0.25) is 0 Å². The van der Waals surface area contributed by atoms with E-state index < -0.39 is 0 Å². The van der Waals surface area contributed by atoms with Gasteiger partial charge in [-0.05, 0) is 39.3 Å². The number of hydrogen-bond donors (Lipinski definition) is 0. The number of aromatic nitrogens is 2. The van der Waals surface area contributed by atoms with Gasteiger partial charge in [-0.25, -0.2) is 0 Å². The molecule has 3 rings (SSSR count). The zero-order chi connectivity index (χ0) is 14.5. The molecule has 1 aromatic rings. The molecule has 2 saturated heterocycles. The number of piperidine rings is 1. The summed E-state index contributed by atoms with van der Waals surface area (Å²) < 4.78 is 5.43. The maximum Gasteiger partial charge on any atom is 0.131 e. The Hall–Kier alpha value is -0.560. The molecule has 2 aliphatic heterocycles. The topological polar surface area (TPSA) is 41.5 Å². The van der Waals surface area contributed by atoms with E-state index >= 15 is 0 Å². The van der Waals surface area contributed by atoms with E-state index in [0.717, 1.165) is 37.9 Å². The highest BCUT2D eigenvalue weighted by Gasteiger charge is 2.24. The van der Waals surface area contributed by atoms with Crippen LogP contribution in [-0.4, -0.2) is 65.4 Å². The Balaban J connectivity index is 1.51. The number of ether oxygens (including phenoxy) is 1. The summed E-state index contributed by atoms with van der Waals surface area (Å²) in [5, 5.41) is 10.7. The van der Waals surface area contributed by atoms with Crippen molar-refractivity contribution in [3.63, 3.8) is 0 Å². The fourth-order valence-electron chi connectivity index (χ4n) is 3.33. The second-order valence-electron chi connectivity index (χ2n) is 6.08. The molecule has 2 aliphatic rings. The van der Waals surface area contributed by atoms with Crippen LogP contribution in [0.15, 0.2) is 0 Å². The van der Waals surface area contributed by atoms with Crippen molar-refractivity contribution < 1.29 is 4.74 Å². The first-order valence-electron chi connectivity index (χ1n) is 8.14. The summed E-state index contributed by atoms with van der Waals surface area (Å²) in [6, 6.07) is 0.714. The molecule has 6 heteroatoms. The van der Waals surface area contributed by atoms with Crippen LogP contribution in [0.5, 0.6) is 0 Å². The Labute approximate surface area is 131 Å². The summed E-state index contributed by atoms with van der Waals surface area (Å²) in [5.41, 5.74) is 0. The van der Waals surface area contributed by atoms with Gasteiger partial charge in [0.1, 0.15) is 10.0 Å². The molecule has 5 nitrogen and oxygen atoms in total. The summed E-state index contributed by atoms with van der Waals surface area (Å²) >= 11 is 1.74. The Morgan fingerprint density at radius 3 is 2.81 bits per heavy atom. The Morgan fingerprint density at radius 1 is 1.19 bits per heavy atom. The van der Waals surface area contributed by atoms with E-state index in [0.29, 0.717) is 6.04 Å². The molecule has 0 bridgehead atoms. The fourth-order valence-corrected chi connectivity index (χ4v) is 4.06. The van der Waals surface area contributed by atoms with Gasteiger partial charge in [-0.2, -0.15) is 0 Å². The van der Waals surface area contributed by atoms with Gasteiger partial charge in [-0.15, -0.1) is 21.5 Å². The Morgan fingerprint density at radius 2 is 2.05 bits per heavy atom. The highest BCUT2D eigenvalue weighted by atomic mass is 32.1. The molecule has 3 heterocycles. The number of morpholine rings is 1. The van der Waals surface area contributed by atoms with Gasteiger partial charge in [0, 0.05) is 19.1 Å². The molecular formula is C15H26N4OS. The quantitative estimate of drug-likeness (QED) is 0.831. The third-order valence-corrected chi connectivity index (χ3v) is 5.36. The Bertz CT molecular complexity index is 433. The number of rotatable bonds is 5.